The molecule has 2 amide bonds. The van der Waals surface area contributed by atoms with Crippen molar-refractivity contribution >= 4 is 23.2 Å². The fraction of sp³-hybridized carbons (Fsp3) is 0.714. The van der Waals surface area contributed by atoms with Gasteiger partial charge in [0.05, 0.1) is 0 Å². The van der Waals surface area contributed by atoms with Gasteiger partial charge in [-0.2, -0.15) is 11.3 Å². The zero-order valence-electron chi connectivity index (χ0n) is 16.2. The van der Waals surface area contributed by atoms with Gasteiger partial charge in [-0.05, 0) is 65.8 Å². The summed E-state index contributed by atoms with van der Waals surface area (Å²) in [4.78, 5) is 28.9. The predicted molar refractivity (Wildman–Crippen MR) is 105 cm³/mol. The normalized spacial score (nSPS) is 26.3. The molecule has 1 saturated carbocycles. The molecule has 6 heteroatoms. The Bertz CT molecular complexity index is 661. The summed E-state index contributed by atoms with van der Waals surface area (Å²) in [5.74, 6) is 1.04. The first kappa shape index (κ1) is 18.9. The molecular formula is C21H30N2O3S. The highest BCUT2D eigenvalue weighted by atomic mass is 32.1. The summed E-state index contributed by atoms with van der Waals surface area (Å²) < 4.78 is 5.40. The van der Waals surface area contributed by atoms with Crippen molar-refractivity contribution in [3.8, 4) is 0 Å². The van der Waals surface area contributed by atoms with Crippen LogP contribution in [0.2, 0.25) is 0 Å². The highest BCUT2D eigenvalue weighted by Gasteiger charge is 2.58. The SMILES string of the molecule is CC(=O)N(Cc1ccsc1)[C@H]1CC12CCN(C(=O)CC[C@H]1CCOC1)CC2. The van der Waals surface area contributed by atoms with Crippen LogP contribution in [0.3, 0.4) is 0 Å². The minimum atomic E-state index is 0.167. The molecule has 2 saturated heterocycles. The van der Waals surface area contributed by atoms with E-state index in [-0.39, 0.29) is 11.3 Å². The molecule has 3 fully saturated rings. The van der Waals surface area contributed by atoms with Crippen molar-refractivity contribution in [3.63, 3.8) is 0 Å². The van der Waals surface area contributed by atoms with E-state index < -0.39 is 0 Å². The Hall–Kier alpha value is -1.40. The van der Waals surface area contributed by atoms with Gasteiger partial charge in [0.1, 0.15) is 0 Å². The van der Waals surface area contributed by atoms with Gasteiger partial charge < -0.3 is 14.5 Å². The maximum atomic E-state index is 12.5. The van der Waals surface area contributed by atoms with Crippen molar-refractivity contribution in [2.75, 3.05) is 26.3 Å². The van der Waals surface area contributed by atoms with Crippen LogP contribution in [0.25, 0.3) is 0 Å². The Morgan fingerprint density at radius 2 is 2.19 bits per heavy atom. The molecule has 4 rings (SSSR count). The summed E-state index contributed by atoms with van der Waals surface area (Å²) >= 11 is 1.68. The number of ether oxygens (including phenoxy) is 1. The van der Waals surface area contributed by atoms with Crippen LogP contribution >= 0.6 is 11.3 Å². The highest BCUT2D eigenvalue weighted by molar-refractivity contribution is 7.07. The average molecular weight is 391 g/mol. The van der Waals surface area contributed by atoms with Crippen molar-refractivity contribution in [3.05, 3.63) is 22.4 Å². The second-order valence-electron chi connectivity index (χ2n) is 8.51. The van der Waals surface area contributed by atoms with Gasteiger partial charge in [-0.3, -0.25) is 9.59 Å². The molecule has 3 heterocycles. The number of hydrogen-bond acceptors (Lipinski definition) is 4. The van der Waals surface area contributed by atoms with Crippen LogP contribution in [-0.4, -0.2) is 54.0 Å². The summed E-state index contributed by atoms with van der Waals surface area (Å²) in [5, 5.41) is 4.19. The van der Waals surface area contributed by atoms with Crippen molar-refractivity contribution < 1.29 is 14.3 Å². The summed E-state index contributed by atoms with van der Waals surface area (Å²) in [6.07, 6.45) is 5.87. The van der Waals surface area contributed by atoms with Crippen molar-refractivity contribution in [1.82, 2.24) is 9.80 Å². The lowest BCUT2D eigenvalue weighted by atomic mass is 9.91. The Morgan fingerprint density at radius 1 is 1.37 bits per heavy atom. The molecule has 0 aromatic carbocycles. The minimum Gasteiger partial charge on any atom is -0.381 e. The Morgan fingerprint density at radius 3 is 2.81 bits per heavy atom. The van der Waals surface area contributed by atoms with Crippen LogP contribution in [0, 0.1) is 11.3 Å². The maximum absolute atomic E-state index is 12.5. The average Bonchev–Trinajstić information content (AvgIpc) is 3.08. The van der Waals surface area contributed by atoms with Gasteiger partial charge in [-0.1, -0.05) is 0 Å². The molecule has 0 bridgehead atoms. The van der Waals surface area contributed by atoms with Crippen LogP contribution in [0.4, 0.5) is 0 Å². The molecular weight excluding hydrogens is 360 g/mol. The van der Waals surface area contributed by atoms with E-state index in [1.165, 1.54) is 5.56 Å². The first-order valence-electron chi connectivity index (χ1n) is 10.2. The van der Waals surface area contributed by atoms with Gasteiger partial charge >= 0.3 is 0 Å². The van der Waals surface area contributed by atoms with Crippen LogP contribution < -0.4 is 0 Å². The molecule has 2 aliphatic heterocycles. The van der Waals surface area contributed by atoms with Gasteiger partial charge in [0.2, 0.25) is 11.8 Å². The molecule has 1 aliphatic carbocycles. The van der Waals surface area contributed by atoms with E-state index in [9.17, 15) is 9.59 Å². The van der Waals surface area contributed by atoms with E-state index in [1.54, 1.807) is 18.3 Å². The lowest BCUT2D eigenvalue weighted by Crippen LogP contribution is -2.42. The second-order valence-corrected chi connectivity index (χ2v) is 9.29. The molecule has 2 atom stereocenters. The molecule has 3 aliphatic rings. The monoisotopic (exact) mass is 390 g/mol. The number of amides is 2. The summed E-state index contributed by atoms with van der Waals surface area (Å²) in [6.45, 7) is 5.77. The first-order chi connectivity index (χ1) is 13.1. The molecule has 27 heavy (non-hydrogen) atoms. The van der Waals surface area contributed by atoms with Crippen LogP contribution in [0.5, 0.6) is 0 Å². The van der Waals surface area contributed by atoms with Gasteiger partial charge in [0, 0.05) is 52.2 Å². The third kappa shape index (κ3) is 4.21. The van der Waals surface area contributed by atoms with Crippen molar-refractivity contribution in [2.24, 2.45) is 11.3 Å². The van der Waals surface area contributed by atoms with E-state index in [2.05, 4.69) is 21.7 Å². The number of carbonyl (C=O) groups is 2. The van der Waals surface area contributed by atoms with Crippen LogP contribution in [-0.2, 0) is 20.9 Å². The third-order valence-electron chi connectivity index (χ3n) is 6.76. The van der Waals surface area contributed by atoms with E-state index in [0.717, 1.165) is 65.0 Å². The molecule has 0 unspecified atom stereocenters. The number of carbonyl (C=O) groups excluding carboxylic acids is 2. The molecule has 0 radical (unpaired) electrons. The lowest BCUT2D eigenvalue weighted by Gasteiger charge is -2.35. The number of thiophene rings is 1. The lowest BCUT2D eigenvalue weighted by molar-refractivity contribution is -0.134. The molecule has 0 N–H and O–H groups in total. The number of hydrogen-bond donors (Lipinski definition) is 0. The van der Waals surface area contributed by atoms with Crippen molar-refractivity contribution in [1.29, 1.82) is 0 Å². The molecule has 148 valence electrons. The van der Waals surface area contributed by atoms with E-state index >= 15 is 0 Å². The van der Waals surface area contributed by atoms with E-state index in [4.69, 9.17) is 4.74 Å². The predicted octanol–water partition coefficient (Wildman–Crippen LogP) is 3.29. The van der Waals surface area contributed by atoms with Crippen LogP contribution in [0.1, 0.15) is 51.0 Å². The fourth-order valence-electron chi connectivity index (χ4n) is 4.82. The van der Waals surface area contributed by atoms with Gasteiger partial charge in [-0.15, -0.1) is 0 Å². The standard InChI is InChI=1S/C21H30N2O3S/c1-16(24)23(13-18-5-11-27-15-18)19-12-21(19)6-8-22(9-7-21)20(25)3-2-17-4-10-26-14-17/h5,11,15,17,19H,2-4,6-10,12-14H2,1H3/t17-,19-/m0/s1. The van der Waals surface area contributed by atoms with Gasteiger partial charge in [0.15, 0.2) is 0 Å². The maximum Gasteiger partial charge on any atom is 0.222 e. The zero-order valence-corrected chi connectivity index (χ0v) is 17.0. The summed E-state index contributed by atoms with van der Waals surface area (Å²) in [5.41, 5.74) is 1.47. The summed E-state index contributed by atoms with van der Waals surface area (Å²) in [6, 6.07) is 2.45. The minimum absolute atomic E-state index is 0.167. The second kappa shape index (κ2) is 7.92. The number of rotatable bonds is 6. The third-order valence-corrected chi connectivity index (χ3v) is 7.49. The van der Waals surface area contributed by atoms with Crippen LogP contribution in [0.15, 0.2) is 16.8 Å². The van der Waals surface area contributed by atoms with E-state index in [0.29, 0.717) is 24.3 Å². The van der Waals surface area contributed by atoms with Gasteiger partial charge in [0.25, 0.3) is 0 Å². The zero-order chi connectivity index (χ0) is 18.9. The number of likely N-dealkylation sites (tertiary alicyclic amines) is 1. The fourth-order valence-corrected chi connectivity index (χ4v) is 5.48. The van der Waals surface area contributed by atoms with Gasteiger partial charge in [-0.25, -0.2) is 0 Å². The molecule has 1 aromatic rings. The Balaban J connectivity index is 1.27. The quantitative estimate of drug-likeness (QED) is 0.749. The van der Waals surface area contributed by atoms with Crippen molar-refractivity contribution in [2.45, 2.75) is 58.0 Å². The number of piperidine rings is 1. The first-order valence-corrected chi connectivity index (χ1v) is 11.2. The molecule has 1 spiro atoms. The topological polar surface area (TPSA) is 49.9 Å². The number of nitrogens with zero attached hydrogens (tertiary/aromatic N) is 2. The smallest absolute Gasteiger partial charge is 0.222 e. The largest absolute Gasteiger partial charge is 0.381 e. The Kier molecular flexibility index (Phi) is 5.55. The highest BCUT2D eigenvalue weighted by Crippen LogP contribution is 2.57. The molecule has 5 nitrogen and oxygen atoms in total. The van der Waals surface area contributed by atoms with E-state index in [1.807, 2.05) is 4.90 Å². The Labute approximate surface area is 165 Å². The molecule has 1 aromatic heterocycles. The summed E-state index contributed by atoms with van der Waals surface area (Å²) in [7, 11) is 0.